The highest BCUT2D eigenvalue weighted by atomic mass is 15.1. The van der Waals surface area contributed by atoms with E-state index in [9.17, 15) is 10.5 Å². The summed E-state index contributed by atoms with van der Waals surface area (Å²) in [6.07, 6.45) is 0. The monoisotopic (exact) mass is 568 g/mol. The maximum atomic E-state index is 9.64. The number of benzene rings is 4. The fourth-order valence-corrected chi connectivity index (χ4v) is 4.39. The van der Waals surface area contributed by atoms with Crippen LogP contribution in [0.4, 0.5) is 11.4 Å². The van der Waals surface area contributed by atoms with Gasteiger partial charge in [-0.2, -0.15) is 10.5 Å². The van der Waals surface area contributed by atoms with Gasteiger partial charge in [0.1, 0.15) is 12.1 Å². The van der Waals surface area contributed by atoms with Crippen molar-refractivity contribution in [1.82, 2.24) is 9.97 Å². The molecule has 0 unspecified atom stereocenters. The molecule has 0 spiro atoms. The van der Waals surface area contributed by atoms with Crippen molar-refractivity contribution in [3.05, 3.63) is 131 Å². The van der Waals surface area contributed by atoms with Crippen LogP contribution in [-0.2, 0) is 0 Å². The van der Waals surface area contributed by atoms with E-state index in [-0.39, 0.29) is 11.4 Å². The maximum Gasteiger partial charge on any atom is 0.177 e. The summed E-state index contributed by atoms with van der Waals surface area (Å²) in [6, 6.07) is 35.4. The Balaban J connectivity index is 1.43. The summed E-state index contributed by atoms with van der Waals surface area (Å²) in [4.78, 5) is 13.2. The lowest BCUT2D eigenvalue weighted by Gasteiger charge is -2.11. The van der Waals surface area contributed by atoms with Gasteiger partial charge in [-0.3, -0.25) is 0 Å². The van der Waals surface area contributed by atoms with E-state index >= 15 is 0 Å². The third-order valence-corrected chi connectivity index (χ3v) is 6.89. The SMILES string of the molecule is CN(C)c1ccc(C#Cc2ccc(-c3nc(C#N)c(C#N)nc3-c3ccc(C#Cc4ccc(N(C)C)cc4)cc3)cc2)cc1. The molecule has 5 rings (SSSR count). The van der Waals surface area contributed by atoms with Gasteiger partial charge in [0, 0.05) is 72.9 Å². The molecule has 44 heavy (non-hydrogen) atoms. The van der Waals surface area contributed by atoms with Gasteiger partial charge < -0.3 is 9.80 Å². The molecule has 0 fully saturated rings. The number of hydrogen-bond donors (Lipinski definition) is 0. The molecule has 0 saturated carbocycles. The molecule has 0 bridgehead atoms. The molecule has 1 aromatic heterocycles. The molecule has 0 N–H and O–H groups in total. The first kappa shape index (κ1) is 29.2. The van der Waals surface area contributed by atoms with Crippen LogP contribution in [0.5, 0.6) is 0 Å². The van der Waals surface area contributed by atoms with E-state index in [1.165, 1.54) is 0 Å². The molecular formula is C38H28N6. The van der Waals surface area contributed by atoms with Gasteiger partial charge in [0.2, 0.25) is 0 Å². The second-order valence-corrected chi connectivity index (χ2v) is 10.4. The van der Waals surface area contributed by atoms with E-state index in [2.05, 4.69) is 33.6 Å². The quantitative estimate of drug-likeness (QED) is 0.231. The van der Waals surface area contributed by atoms with Gasteiger partial charge in [0.25, 0.3) is 0 Å². The minimum absolute atomic E-state index is 0.0148. The van der Waals surface area contributed by atoms with Crippen molar-refractivity contribution in [3.8, 4) is 58.3 Å². The first-order valence-electron chi connectivity index (χ1n) is 13.9. The highest BCUT2D eigenvalue weighted by molar-refractivity contribution is 5.79. The Morgan fingerprint density at radius 3 is 0.955 bits per heavy atom. The summed E-state index contributed by atoms with van der Waals surface area (Å²) in [5, 5.41) is 19.3. The molecule has 0 saturated heterocycles. The first-order valence-corrected chi connectivity index (χ1v) is 13.9. The third kappa shape index (κ3) is 6.75. The van der Waals surface area contributed by atoms with Crippen LogP contribution in [0.15, 0.2) is 97.1 Å². The van der Waals surface area contributed by atoms with Gasteiger partial charge in [0.05, 0.1) is 11.4 Å². The van der Waals surface area contributed by atoms with Crippen LogP contribution >= 0.6 is 0 Å². The summed E-state index contributed by atoms with van der Waals surface area (Å²) in [7, 11) is 8.01. The van der Waals surface area contributed by atoms with Gasteiger partial charge in [0.15, 0.2) is 11.4 Å². The third-order valence-electron chi connectivity index (χ3n) is 6.89. The number of nitriles is 2. The summed E-state index contributed by atoms with van der Waals surface area (Å²) in [6.45, 7) is 0. The van der Waals surface area contributed by atoms with E-state index < -0.39 is 0 Å². The molecule has 0 aliphatic heterocycles. The topological polar surface area (TPSA) is 79.8 Å². The Bertz CT molecular complexity index is 1850. The zero-order chi connectivity index (χ0) is 31.1. The fraction of sp³-hybridized carbons (Fsp3) is 0.105. The zero-order valence-corrected chi connectivity index (χ0v) is 24.9. The van der Waals surface area contributed by atoms with Gasteiger partial charge >= 0.3 is 0 Å². The zero-order valence-electron chi connectivity index (χ0n) is 24.9. The molecule has 6 nitrogen and oxygen atoms in total. The minimum Gasteiger partial charge on any atom is -0.378 e. The van der Waals surface area contributed by atoms with Crippen molar-refractivity contribution >= 4 is 11.4 Å². The predicted octanol–water partition coefficient (Wildman–Crippen LogP) is 6.49. The summed E-state index contributed by atoms with van der Waals surface area (Å²) < 4.78 is 0. The molecule has 4 aromatic carbocycles. The number of nitrogens with zero attached hydrogens (tertiary/aromatic N) is 6. The second kappa shape index (κ2) is 13.1. The minimum atomic E-state index is -0.0148. The standard InChI is InChI=1S/C38H28N6/c1-43(2)33-21-13-29(14-22-33)7-5-27-9-17-31(18-10-27)37-38(42-36(26-40)35(25-39)41-37)32-19-11-28(12-20-32)6-8-30-15-23-34(24-16-30)44(3)4/h9-24H,1-4H3. The highest BCUT2D eigenvalue weighted by Crippen LogP contribution is 2.30. The molecule has 6 heteroatoms. The van der Waals surface area contributed by atoms with Crippen molar-refractivity contribution in [2.24, 2.45) is 0 Å². The van der Waals surface area contributed by atoms with Crippen molar-refractivity contribution in [2.75, 3.05) is 38.0 Å². The number of rotatable bonds is 4. The summed E-state index contributed by atoms with van der Waals surface area (Å²) >= 11 is 0. The molecule has 0 amide bonds. The Labute approximate surface area is 258 Å². The smallest absolute Gasteiger partial charge is 0.177 e. The van der Waals surface area contributed by atoms with Crippen LogP contribution < -0.4 is 9.80 Å². The van der Waals surface area contributed by atoms with Crippen LogP contribution in [-0.4, -0.2) is 38.2 Å². The van der Waals surface area contributed by atoms with Crippen molar-refractivity contribution in [2.45, 2.75) is 0 Å². The molecule has 1 heterocycles. The summed E-state index contributed by atoms with van der Waals surface area (Å²) in [5.41, 5.74) is 8.29. The van der Waals surface area contributed by atoms with Crippen LogP contribution in [0.25, 0.3) is 22.5 Å². The van der Waals surface area contributed by atoms with Crippen LogP contribution in [0.3, 0.4) is 0 Å². The molecule has 0 aliphatic rings. The first-order chi connectivity index (χ1) is 21.3. The lowest BCUT2D eigenvalue weighted by atomic mass is 10.0. The van der Waals surface area contributed by atoms with E-state index in [0.717, 1.165) is 44.8 Å². The highest BCUT2D eigenvalue weighted by Gasteiger charge is 2.17. The van der Waals surface area contributed by atoms with E-state index in [4.69, 9.17) is 0 Å². The van der Waals surface area contributed by atoms with Gasteiger partial charge in [-0.25, -0.2) is 9.97 Å². The largest absolute Gasteiger partial charge is 0.378 e. The van der Waals surface area contributed by atoms with E-state index in [1.54, 1.807) is 0 Å². The number of anilines is 2. The Morgan fingerprint density at radius 2 is 0.705 bits per heavy atom. The number of aromatic nitrogens is 2. The Hall–Kier alpha value is -6.34. The van der Waals surface area contributed by atoms with Gasteiger partial charge in [-0.15, -0.1) is 0 Å². The molecule has 210 valence electrons. The van der Waals surface area contributed by atoms with Crippen LogP contribution in [0.1, 0.15) is 33.6 Å². The predicted molar refractivity (Wildman–Crippen MR) is 176 cm³/mol. The van der Waals surface area contributed by atoms with E-state index in [0.29, 0.717) is 11.4 Å². The normalized spacial score (nSPS) is 9.86. The summed E-state index contributed by atoms with van der Waals surface area (Å²) in [5.74, 6) is 12.8. The molecule has 0 radical (unpaired) electrons. The molecule has 0 aliphatic carbocycles. The molecule has 5 aromatic rings. The Kier molecular flexibility index (Phi) is 8.68. The average Bonchev–Trinajstić information content (AvgIpc) is 3.06. The van der Waals surface area contributed by atoms with E-state index in [1.807, 2.05) is 147 Å². The van der Waals surface area contributed by atoms with Crippen LogP contribution in [0.2, 0.25) is 0 Å². The lowest BCUT2D eigenvalue weighted by molar-refractivity contribution is 1.13. The number of hydrogen-bond acceptors (Lipinski definition) is 6. The second-order valence-electron chi connectivity index (χ2n) is 10.4. The Morgan fingerprint density at radius 1 is 0.432 bits per heavy atom. The van der Waals surface area contributed by atoms with Crippen molar-refractivity contribution in [3.63, 3.8) is 0 Å². The van der Waals surface area contributed by atoms with Crippen molar-refractivity contribution in [1.29, 1.82) is 10.5 Å². The van der Waals surface area contributed by atoms with Crippen LogP contribution in [0, 0.1) is 46.3 Å². The lowest BCUT2D eigenvalue weighted by Crippen LogP contribution is -2.07. The maximum absolute atomic E-state index is 9.64. The molecular weight excluding hydrogens is 540 g/mol. The molecule has 0 atom stereocenters. The average molecular weight is 569 g/mol. The van der Waals surface area contributed by atoms with Gasteiger partial charge in [-0.1, -0.05) is 47.9 Å². The van der Waals surface area contributed by atoms with Crippen molar-refractivity contribution < 1.29 is 0 Å². The van der Waals surface area contributed by atoms with Gasteiger partial charge in [-0.05, 0) is 72.8 Å². The fourth-order valence-electron chi connectivity index (χ4n) is 4.39.